The van der Waals surface area contributed by atoms with Gasteiger partial charge in [-0.2, -0.15) is 0 Å². The van der Waals surface area contributed by atoms with E-state index in [1.165, 1.54) is 0 Å². The molecule has 0 fully saturated rings. The Kier molecular flexibility index (Phi) is 5.55. The van der Waals surface area contributed by atoms with Crippen molar-refractivity contribution in [3.8, 4) is 0 Å². The van der Waals surface area contributed by atoms with Crippen molar-refractivity contribution in [1.29, 1.82) is 0 Å². The summed E-state index contributed by atoms with van der Waals surface area (Å²) in [6.07, 6.45) is 1.70. The number of nitrogens with two attached hydrogens (primary N) is 1. The van der Waals surface area contributed by atoms with E-state index >= 15 is 0 Å². The van der Waals surface area contributed by atoms with Crippen molar-refractivity contribution >= 4 is 49.6 Å². The second-order valence-electron chi connectivity index (χ2n) is 3.84. The Hall–Kier alpha value is -0.460. The molecule has 0 saturated heterocycles. The fourth-order valence-corrected chi connectivity index (χ4v) is 2.85. The molecule has 0 aliphatic heterocycles. The van der Waals surface area contributed by atoms with Crippen LogP contribution in [-0.4, -0.2) is 27.2 Å². The minimum atomic E-state index is -0.806. The average Bonchev–Trinajstić information content (AvgIpc) is 2.19. The van der Waals surface area contributed by atoms with Crippen LogP contribution in [0.3, 0.4) is 0 Å². The smallest absolute Gasteiger partial charge is 0.104 e. The summed E-state index contributed by atoms with van der Waals surface area (Å²) in [5.41, 5.74) is 7.32. The number of benzene rings is 1. The van der Waals surface area contributed by atoms with Crippen molar-refractivity contribution in [1.82, 2.24) is 0 Å². The van der Waals surface area contributed by atoms with Crippen molar-refractivity contribution in [2.45, 2.75) is 13.0 Å². The summed E-state index contributed by atoms with van der Waals surface area (Å²) in [5.74, 6) is 0.615. The first-order chi connectivity index (χ1) is 7.90. The molecule has 1 rings (SSSR count). The summed E-state index contributed by atoms with van der Waals surface area (Å²) in [5, 5.41) is 3.28. The molecule has 1 aromatic rings. The minimum absolute atomic E-state index is 0.146. The van der Waals surface area contributed by atoms with Gasteiger partial charge in [0.05, 0.1) is 0 Å². The third-order valence-corrected chi connectivity index (χ3v) is 4.00. The van der Waals surface area contributed by atoms with Gasteiger partial charge in [-0.3, -0.25) is 4.21 Å². The van der Waals surface area contributed by atoms with Crippen LogP contribution >= 0.6 is 28.1 Å². The standard InChI is InChI=1S/C11H15BrN2OS2/c1-7(6-17(2)15)14-10-4-3-8(11(13)16)5-9(10)12/h3-5,7,14H,6H2,1-2H3,(H2,13,16). The van der Waals surface area contributed by atoms with Crippen LogP contribution in [-0.2, 0) is 10.8 Å². The molecule has 0 saturated carbocycles. The Balaban J connectivity index is 2.79. The lowest BCUT2D eigenvalue weighted by Gasteiger charge is -2.15. The molecule has 2 atom stereocenters. The molecule has 0 bridgehead atoms. The van der Waals surface area contributed by atoms with Gasteiger partial charge in [-0.15, -0.1) is 0 Å². The Labute approximate surface area is 118 Å². The fraction of sp³-hybridized carbons (Fsp3) is 0.364. The molecule has 6 heteroatoms. The molecule has 0 aliphatic rings. The van der Waals surface area contributed by atoms with Crippen molar-refractivity contribution in [3.05, 3.63) is 28.2 Å². The fourth-order valence-electron chi connectivity index (χ4n) is 1.44. The number of thiocarbonyl (C=S) groups is 1. The van der Waals surface area contributed by atoms with Crippen molar-refractivity contribution in [2.75, 3.05) is 17.3 Å². The molecule has 0 amide bonds. The highest BCUT2D eigenvalue weighted by molar-refractivity contribution is 9.10. The van der Waals surface area contributed by atoms with Crippen LogP contribution in [0.15, 0.2) is 22.7 Å². The molecule has 3 N–H and O–H groups in total. The zero-order valence-electron chi connectivity index (χ0n) is 9.70. The van der Waals surface area contributed by atoms with Gasteiger partial charge in [0, 0.05) is 44.6 Å². The molecule has 94 valence electrons. The zero-order valence-corrected chi connectivity index (χ0v) is 12.9. The second-order valence-corrected chi connectivity index (χ2v) is 6.62. The predicted molar refractivity (Wildman–Crippen MR) is 82.0 cm³/mol. The van der Waals surface area contributed by atoms with Gasteiger partial charge < -0.3 is 11.1 Å². The third-order valence-electron chi connectivity index (χ3n) is 2.14. The number of hydrogen-bond donors (Lipinski definition) is 2. The third kappa shape index (κ3) is 4.73. The first-order valence-corrected chi connectivity index (χ1v) is 7.99. The van der Waals surface area contributed by atoms with Crippen molar-refractivity contribution in [3.63, 3.8) is 0 Å². The van der Waals surface area contributed by atoms with Gasteiger partial charge in [-0.1, -0.05) is 12.2 Å². The number of nitrogens with one attached hydrogen (secondary N) is 1. The number of hydrogen-bond acceptors (Lipinski definition) is 3. The first kappa shape index (κ1) is 14.6. The van der Waals surface area contributed by atoms with Crippen molar-refractivity contribution in [2.24, 2.45) is 5.73 Å². The van der Waals surface area contributed by atoms with Crippen LogP contribution in [0.2, 0.25) is 0 Å². The van der Waals surface area contributed by atoms with Crippen LogP contribution in [0, 0.1) is 0 Å². The van der Waals surface area contributed by atoms with Gasteiger partial charge in [-0.25, -0.2) is 0 Å². The van der Waals surface area contributed by atoms with E-state index in [-0.39, 0.29) is 6.04 Å². The van der Waals surface area contributed by atoms with E-state index in [2.05, 4.69) is 21.2 Å². The highest BCUT2D eigenvalue weighted by atomic mass is 79.9. The molecule has 0 radical (unpaired) electrons. The highest BCUT2D eigenvalue weighted by Gasteiger charge is 2.08. The van der Waals surface area contributed by atoms with Gasteiger partial charge in [0.15, 0.2) is 0 Å². The summed E-state index contributed by atoms with van der Waals surface area (Å²) in [6, 6.07) is 5.80. The molecule has 0 spiro atoms. The highest BCUT2D eigenvalue weighted by Crippen LogP contribution is 2.24. The second kappa shape index (κ2) is 6.47. The molecule has 3 nitrogen and oxygen atoms in total. The zero-order chi connectivity index (χ0) is 13.0. The van der Waals surface area contributed by atoms with Gasteiger partial charge in [0.2, 0.25) is 0 Å². The summed E-state index contributed by atoms with van der Waals surface area (Å²) in [4.78, 5) is 0.375. The quantitative estimate of drug-likeness (QED) is 0.811. The summed E-state index contributed by atoms with van der Waals surface area (Å²) in [6.45, 7) is 2.00. The van der Waals surface area contributed by atoms with Crippen molar-refractivity contribution < 1.29 is 4.21 Å². The molecule has 17 heavy (non-hydrogen) atoms. The number of anilines is 1. The Morgan fingerprint density at radius 1 is 1.65 bits per heavy atom. The Morgan fingerprint density at radius 2 is 2.29 bits per heavy atom. The predicted octanol–water partition coefficient (Wildman–Crippen LogP) is 2.26. The van der Waals surface area contributed by atoms with Crippen LogP contribution in [0.5, 0.6) is 0 Å². The van der Waals surface area contributed by atoms with E-state index < -0.39 is 10.8 Å². The maximum Gasteiger partial charge on any atom is 0.104 e. The summed E-state index contributed by atoms with van der Waals surface area (Å²) >= 11 is 8.36. The van der Waals surface area contributed by atoms with Gasteiger partial charge in [-0.05, 0) is 41.1 Å². The molecule has 1 aromatic carbocycles. The van der Waals surface area contributed by atoms with Crippen LogP contribution in [0.1, 0.15) is 12.5 Å². The maximum absolute atomic E-state index is 11.1. The van der Waals surface area contributed by atoms with Gasteiger partial charge in [0.25, 0.3) is 0 Å². The lowest BCUT2D eigenvalue weighted by molar-refractivity contribution is 0.683. The van der Waals surface area contributed by atoms with Crippen LogP contribution < -0.4 is 11.1 Å². The summed E-state index contributed by atoms with van der Waals surface area (Å²) in [7, 11) is -0.806. The largest absolute Gasteiger partial charge is 0.389 e. The molecule has 0 aromatic heterocycles. The van der Waals surface area contributed by atoms with E-state index in [9.17, 15) is 4.21 Å². The number of rotatable bonds is 5. The molecule has 0 heterocycles. The SMILES string of the molecule is CC(CS(C)=O)Nc1ccc(C(N)=S)cc1Br. The van der Waals surface area contributed by atoms with Gasteiger partial charge in [0.1, 0.15) is 4.99 Å². The minimum Gasteiger partial charge on any atom is -0.389 e. The Bertz CT molecular complexity index is 451. The number of halogens is 1. The van der Waals surface area contributed by atoms with E-state index in [1.54, 1.807) is 6.26 Å². The van der Waals surface area contributed by atoms with Crippen LogP contribution in [0.25, 0.3) is 0 Å². The molecular weight excluding hydrogens is 320 g/mol. The van der Waals surface area contributed by atoms with E-state index in [0.29, 0.717) is 10.7 Å². The van der Waals surface area contributed by atoms with E-state index in [1.807, 2.05) is 25.1 Å². The molecular formula is C11H15BrN2OS2. The topological polar surface area (TPSA) is 55.1 Å². The van der Waals surface area contributed by atoms with Crippen LogP contribution in [0.4, 0.5) is 5.69 Å². The van der Waals surface area contributed by atoms with E-state index in [4.69, 9.17) is 18.0 Å². The molecule has 0 aliphatic carbocycles. The first-order valence-electron chi connectivity index (χ1n) is 5.06. The Morgan fingerprint density at radius 3 is 2.76 bits per heavy atom. The maximum atomic E-state index is 11.1. The lowest BCUT2D eigenvalue weighted by atomic mass is 10.2. The van der Waals surface area contributed by atoms with E-state index in [0.717, 1.165) is 15.7 Å². The summed E-state index contributed by atoms with van der Waals surface area (Å²) < 4.78 is 12.0. The normalized spacial score (nSPS) is 14.1. The molecule has 2 unspecified atom stereocenters. The van der Waals surface area contributed by atoms with Gasteiger partial charge >= 0.3 is 0 Å². The monoisotopic (exact) mass is 334 g/mol. The lowest BCUT2D eigenvalue weighted by Crippen LogP contribution is -2.22. The average molecular weight is 335 g/mol.